The first-order valence-corrected chi connectivity index (χ1v) is 15.2. The zero-order valence-corrected chi connectivity index (χ0v) is 25.1. The molecule has 204 valence electrons. The number of nitrogens with zero attached hydrogens (tertiary/aromatic N) is 2. The van der Waals surface area contributed by atoms with E-state index in [9.17, 15) is 9.90 Å². The van der Waals surface area contributed by atoms with Crippen LogP contribution in [0.2, 0.25) is 0 Å². The molecule has 6 heteroatoms. The fourth-order valence-corrected chi connectivity index (χ4v) is 7.19. The van der Waals surface area contributed by atoms with E-state index in [0.717, 1.165) is 29.1 Å². The molecule has 5 rings (SSSR count). The lowest BCUT2D eigenvalue weighted by molar-refractivity contribution is -0.667. The van der Waals surface area contributed by atoms with Gasteiger partial charge in [0.1, 0.15) is 11.1 Å². The molecular formula is C34H35N2O2S2+. The van der Waals surface area contributed by atoms with E-state index in [1.54, 1.807) is 11.3 Å². The SMILES string of the molecule is CC(C=Cc1sc2cc(C)ccc2[n+]1CCC(=O)O)=CC=C1Sc2cc(C)c(C)cc2N1CCc1ccccc1. The van der Waals surface area contributed by atoms with E-state index in [2.05, 4.69) is 122 Å². The summed E-state index contributed by atoms with van der Waals surface area (Å²) in [6.07, 6.45) is 9.73. The van der Waals surface area contributed by atoms with Crippen LogP contribution in [0.1, 0.15) is 40.6 Å². The third-order valence-electron chi connectivity index (χ3n) is 7.23. The topological polar surface area (TPSA) is 44.4 Å². The van der Waals surface area contributed by atoms with Crippen LogP contribution in [-0.2, 0) is 17.8 Å². The van der Waals surface area contributed by atoms with Gasteiger partial charge in [0.25, 0.3) is 5.01 Å². The maximum absolute atomic E-state index is 11.3. The minimum atomic E-state index is -0.783. The van der Waals surface area contributed by atoms with Gasteiger partial charge in [-0.15, -0.1) is 0 Å². The van der Waals surface area contributed by atoms with E-state index >= 15 is 0 Å². The number of carboxylic acid groups (broad SMARTS) is 1. The average Bonchev–Trinajstić information content (AvgIpc) is 3.45. The molecular weight excluding hydrogens is 533 g/mol. The van der Waals surface area contributed by atoms with Crippen molar-refractivity contribution >= 4 is 51.0 Å². The van der Waals surface area contributed by atoms with Crippen LogP contribution in [0.4, 0.5) is 5.69 Å². The molecule has 1 aromatic heterocycles. The lowest BCUT2D eigenvalue weighted by Crippen LogP contribution is -2.36. The first-order valence-electron chi connectivity index (χ1n) is 13.6. The van der Waals surface area contributed by atoms with Crippen molar-refractivity contribution in [2.75, 3.05) is 11.4 Å². The number of rotatable bonds is 9. The molecule has 0 aliphatic carbocycles. The van der Waals surface area contributed by atoms with E-state index in [1.807, 2.05) is 11.8 Å². The molecule has 40 heavy (non-hydrogen) atoms. The van der Waals surface area contributed by atoms with Gasteiger partial charge in [-0.3, -0.25) is 4.79 Å². The molecule has 0 atom stereocenters. The zero-order chi connectivity index (χ0) is 28.2. The van der Waals surface area contributed by atoms with Crippen molar-refractivity contribution in [1.29, 1.82) is 0 Å². The van der Waals surface area contributed by atoms with Crippen LogP contribution in [0, 0.1) is 20.8 Å². The van der Waals surface area contributed by atoms with Crippen LogP contribution >= 0.6 is 23.1 Å². The maximum atomic E-state index is 11.3. The first-order chi connectivity index (χ1) is 19.3. The van der Waals surface area contributed by atoms with E-state index < -0.39 is 5.97 Å². The molecule has 2 heterocycles. The second-order valence-corrected chi connectivity index (χ2v) is 12.5. The monoisotopic (exact) mass is 567 g/mol. The van der Waals surface area contributed by atoms with Crippen LogP contribution in [0.25, 0.3) is 16.3 Å². The number of aryl methyl sites for hydroxylation is 4. The molecule has 0 saturated carbocycles. The van der Waals surface area contributed by atoms with Crippen LogP contribution in [0.5, 0.6) is 0 Å². The number of aromatic nitrogens is 1. The molecule has 0 amide bonds. The molecule has 0 radical (unpaired) electrons. The van der Waals surface area contributed by atoms with E-state index in [0.29, 0.717) is 6.54 Å². The van der Waals surface area contributed by atoms with Crippen LogP contribution < -0.4 is 9.47 Å². The summed E-state index contributed by atoms with van der Waals surface area (Å²) in [5, 5.41) is 11.6. The number of aliphatic carboxylic acids is 1. The Balaban J connectivity index is 1.40. The summed E-state index contributed by atoms with van der Waals surface area (Å²) in [7, 11) is 0. The average molecular weight is 568 g/mol. The van der Waals surface area contributed by atoms with Crippen LogP contribution in [-0.4, -0.2) is 17.6 Å². The quantitative estimate of drug-likeness (QED) is 0.163. The van der Waals surface area contributed by atoms with Gasteiger partial charge in [-0.05, 0) is 80.6 Å². The second-order valence-electron chi connectivity index (χ2n) is 10.3. The molecule has 0 bridgehead atoms. The summed E-state index contributed by atoms with van der Waals surface area (Å²) >= 11 is 3.54. The van der Waals surface area contributed by atoms with Crippen molar-refractivity contribution < 1.29 is 14.5 Å². The Morgan fingerprint density at radius 3 is 2.58 bits per heavy atom. The van der Waals surface area contributed by atoms with E-state index in [4.69, 9.17) is 0 Å². The fraction of sp³-hybridized carbons (Fsp3) is 0.235. The molecule has 1 aliphatic rings. The number of thiazole rings is 1. The van der Waals surface area contributed by atoms with E-state index in [1.165, 1.54) is 42.6 Å². The Bertz CT molecular complexity index is 1650. The molecule has 4 aromatic rings. The highest BCUT2D eigenvalue weighted by Crippen LogP contribution is 2.47. The number of hydrogen-bond donors (Lipinski definition) is 1. The molecule has 0 fully saturated rings. The number of allylic oxidation sites excluding steroid dienone is 4. The minimum absolute atomic E-state index is 0.0989. The van der Waals surface area contributed by atoms with Gasteiger partial charge >= 0.3 is 5.97 Å². The van der Waals surface area contributed by atoms with Gasteiger partial charge in [0, 0.05) is 23.6 Å². The summed E-state index contributed by atoms with van der Waals surface area (Å²) in [6, 6.07) is 21.6. The molecule has 0 saturated heterocycles. The van der Waals surface area contributed by atoms with Crippen molar-refractivity contribution in [1.82, 2.24) is 0 Å². The summed E-state index contributed by atoms with van der Waals surface area (Å²) in [5.74, 6) is -0.783. The van der Waals surface area contributed by atoms with Crippen molar-refractivity contribution in [2.24, 2.45) is 0 Å². The van der Waals surface area contributed by atoms with Gasteiger partial charge < -0.3 is 10.0 Å². The van der Waals surface area contributed by atoms with Gasteiger partial charge in [0.2, 0.25) is 5.52 Å². The highest BCUT2D eigenvalue weighted by atomic mass is 32.2. The summed E-state index contributed by atoms with van der Waals surface area (Å²) in [5.41, 5.74) is 8.69. The number of benzene rings is 3. The Morgan fingerprint density at radius 2 is 1.80 bits per heavy atom. The maximum Gasteiger partial charge on any atom is 0.309 e. The normalized spacial score (nSPS) is 14.6. The minimum Gasteiger partial charge on any atom is -0.481 e. The van der Waals surface area contributed by atoms with Crippen molar-refractivity contribution in [3.05, 3.63) is 117 Å². The van der Waals surface area contributed by atoms with E-state index in [-0.39, 0.29) is 6.42 Å². The van der Waals surface area contributed by atoms with Gasteiger partial charge in [0.05, 0.1) is 10.7 Å². The fourth-order valence-electron chi connectivity index (χ4n) is 4.83. The number of thioether (sulfide) groups is 1. The second kappa shape index (κ2) is 12.3. The number of hydrogen-bond acceptors (Lipinski definition) is 4. The highest BCUT2D eigenvalue weighted by Gasteiger charge is 2.25. The smallest absolute Gasteiger partial charge is 0.309 e. The Labute approximate surface area is 245 Å². The predicted molar refractivity (Wildman–Crippen MR) is 169 cm³/mol. The van der Waals surface area contributed by atoms with Crippen molar-refractivity contribution in [3.8, 4) is 0 Å². The number of carboxylic acids is 1. The molecule has 1 aliphatic heterocycles. The lowest BCUT2D eigenvalue weighted by atomic mass is 10.1. The van der Waals surface area contributed by atoms with Gasteiger partial charge in [-0.25, -0.2) is 0 Å². The standard InChI is InChI=1S/C34H34N2O2S2/c1-23(11-14-32-35(19-17-34(37)38)28-13-10-24(2)20-30(28)39-32)12-15-33-36(18-16-27-8-6-5-7-9-27)29-21-25(3)26(4)22-31(29)40-33/h5-15,20-22H,16-19H2,1-4H3/p+1. The molecule has 1 N–H and O–H groups in total. The molecule has 3 aromatic carbocycles. The van der Waals surface area contributed by atoms with Crippen LogP contribution in [0.3, 0.4) is 0 Å². The summed E-state index contributed by atoms with van der Waals surface area (Å²) in [4.78, 5) is 15.1. The third kappa shape index (κ3) is 6.40. The molecule has 0 spiro atoms. The summed E-state index contributed by atoms with van der Waals surface area (Å²) in [6.45, 7) is 9.94. The van der Waals surface area contributed by atoms with Gasteiger partial charge in [-0.2, -0.15) is 4.57 Å². The Hall–Kier alpha value is -3.61. The summed E-state index contributed by atoms with van der Waals surface area (Å²) < 4.78 is 3.29. The Morgan fingerprint density at radius 1 is 1.02 bits per heavy atom. The number of fused-ring (bicyclic) bond motifs is 2. The van der Waals surface area contributed by atoms with Gasteiger partial charge in [-0.1, -0.05) is 77.2 Å². The van der Waals surface area contributed by atoms with Crippen LogP contribution in [0.15, 0.2) is 94.4 Å². The van der Waals surface area contributed by atoms with Gasteiger partial charge in [0.15, 0.2) is 6.54 Å². The number of anilines is 1. The lowest BCUT2D eigenvalue weighted by Gasteiger charge is -2.21. The van der Waals surface area contributed by atoms with Crippen molar-refractivity contribution in [3.63, 3.8) is 0 Å². The zero-order valence-electron chi connectivity index (χ0n) is 23.5. The van der Waals surface area contributed by atoms with Crippen molar-refractivity contribution in [2.45, 2.75) is 52.0 Å². The predicted octanol–water partition coefficient (Wildman–Crippen LogP) is 8.24. The molecule has 0 unspecified atom stereocenters. The highest BCUT2D eigenvalue weighted by molar-refractivity contribution is 8.03. The largest absolute Gasteiger partial charge is 0.481 e. The number of carbonyl (C=O) groups is 1. The molecule has 4 nitrogen and oxygen atoms in total. The Kier molecular flexibility index (Phi) is 8.57. The first kappa shape index (κ1) is 27.9. The third-order valence-corrected chi connectivity index (χ3v) is 9.45.